The molecule has 0 aromatic carbocycles. The van der Waals surface area contributed by atoms with Gasteiger partial charge in [0.25, 0.3) is 0 Å². The Morgan fingerprint density at radius 2 is 1.40 bits per heavy atom. The lowest BCUT2D eigenvalue weighted by Crippen LogP contribution is -2.29. The second-order valence-electron chi connectivity index (χ2n) is 14.0. The first-order chi connectivity index (χ1) is 25.5. The molecular formula is C41H69O11P. The molecule has 53 heavy (non-hydrogen) atoms. The highest BCUT2D eigenvalue weighted by Crippen LogP contribution is 2.36. The van der Waals surface area contributed by atoms with E-state index in [0.29, 0.717) is 32.1 Å². The van der Waals surface area contributed by atoms with Gasteiger partial charge in [-0.2, -0.15) is 0 Å². The van der Waals surface area contributed by atoms with Gasteiger partial charge >= 0.3 is 19.8 Å². The van der Waals surface area contributed by atoms with Crippen LogP contribution in [-0.4, -0.2) is 69.2 Å². The third-order valence-corrected chi connectivity index (χ3v) is 9.67. The minimum atomic E-state index is -4.82. The van der Waals surface area contributed by atoms with Gasteiger partial charge in [-0.15, -0.1) is 0 Å². The summed E-state index contributed by atoms with van der Waals surface area (Å²) < 4.78 is 26.3. The number of phosphoric ester groups is 1. The van der Waals surface area contributed by atoms with Gasteiger partial charge in [0.15, 0.2) is 6.10 Å². The summed E-state index contributed by atoms with van der Waals surface area (Å²) in [5.74, 6) is -1.83. The molecule has 4 N–H and O–H groups in total. The minimum Gasteiger partial charge on any atom is -0.462 e. The molecule has 11 nitrogen and oxygen atoms in total. The smallest absolute Gasteiger partial charge is 0.462 e. The average Bonchev–Trinajstić information content (AvgIpc) is 3.38. The van der Waals surface area contributed by atoms with Crippen LogP contribution in [0.4, 0.5) is 0 Å². The molecule has 0 amide bonds. The Labute approximate surface area is 318 Å². The summed E-state index contributed by atoms with van der Waals surface area (Å²) >= 11 is 0. The number of carbonyl (C=O) groups excluding carboxylic acids is 3. The molecule has 5 atom stereocenters. The maximum Gasteiger partial charge on any atom is 0.469 e. The van der Waals surface area contributed by atoms with Gasteiger partial charge in [0.05, 0.1) is 18.8 Å². The van der Waals surface area contributed by atoms with E-state index in [9.17, 15) is 29.2 Å². The molecule has 0 saturated heterocycles. The summed E-state index contributed by atoms with van der Waals surface area (Å²) in [5.41, 5.74) is 0. The fourth-order valence-electron chi connectivity index (χ4n) is 6.09. The number of rotatable bonds is 32. The van der Waals surface area contributed by atoms with E-state index in [4.69, 9.17) is 19.3 Å². The first-order valence-corrected chi connectivity index (χ1v) is 21.6. The van der Waals surface area contributed by atoms with E-state index >= 15 is 0 Å². The van der Waals surface area contributed by atoms with E-state index in [-0.39, 0.29) is 36.9 Å². The number of hydrogen-bond acceptors (Lipinski definition) is 9. The van der Waals surface area contributed by atoms with Crippen LogP contribution in [0.15, 0.2) is 48.6 Å². The second kappa shape index (κ2) is 30.9. The molecule has 0 radical (unpaired) electrons. The van der Waals surface area contributed by atoms with Gasteiger partial charge in [-0.25, -0.2) is 4.57 Å². The number of allylic oxidation sites excluding steroid dienone is 6. The minimum absolute atomic E-state index is 0.00940. The number of esters is 2. The van der Waals surface area contributed by atoms with E-state index in [1.54, 1.807) is 12.2 Å². The second-order valence-corrected chi connectivity index (χ2v) is 15.3. The van der Waals surface area contributed by atoms with Crippen molar-refractivity contribution in [1.82, 2.24) is 0 Å². The van der Waals surface area contributed by atoms with Crippen molar-refractivity contribution >= 4 is 25.5 Å². The molecule has 1 aliphatic rings. The number of phosphoric acid groups is 1. The van der Waals surface area contributed by atoms with Gasteiger partial charge in [-0.3, -0.25) is 18.9 Å². The number of carbonyl (C=O) groups is 3. The summed E-state index contributed by atoms with van der Waals surface area (Å²) in [6, 6.07) is 0. The molecule has 1 saturated carbocycles. The summed E-state index contributed by atoms with van der Waals surface area (Å²) in [6.07, 6.45) is 30.5. The molecule has 0 spiro atoms. The molecule has 0 aromatic rings. The zero-order valence-electron chi connectivity index (χ0n) is 32.4. The average molecular weight is 769 g/mol. The Balaban J connectivity index is 2.33. The summed E-state index contributed by atoms with van der Waals surface area (Å²) in [5, 5.41) is 20.6. The number of hydrogen-bond donors (Lipinski definition) is 4. The standard InChI is InChI=1S/C41H69O11P/c1-3-5-7-8-9-10-11-12-13-14-15-16-17-18-24-28-41(46)52-35(33-51-53(47,48)49)32-50-40(45)27-23-20-19-22-26-36-37(39(44)31-38(36)43)30-29-34(42)25-21-6-4-2/h9-10,12-13,19,22,29-30,34-37,39,42,44H,3-8,11,14-18,20-21,23-28,31-33H2,1-2H3,(H2,47,48,49)/b10-9-,13-12-,22-19-,30-29+/t34-,35+,36+,37+,39+/m0/s1. The Kier molecular flexibility index (Phi) is 28.3. The highest BCUT2D eigenvalue weighted by atomic mass is 31.2. The molecule has 1 fully saturated rings. The Bertz CT molecular complexity index is 1160. The quantitative estimate of drug-likeness (QED) is 0.0223. The topological polar surface area (TPSA) is 177 Å². The first kappa shape index (κ1) is 48.6. The molecule has 0 bridgehead atoms. The maximum atomic E-state index is 12.5. The third kappa shape index (κ3) is 26.9. The van der Waals surface area contributed by atoms with Crippen molar-refractivity contribution in [2.45, 2.75) is 167 Å². The molecule has 1 aliphatic carbocycles. The maximum absolute atomic E-state index is 12.5. The van der Waals surface area contributed by atoms with E-state index in [1.165, 1.54) is 19.3 Å². The highest BCUT2D eigenvalue weighted by molar-refractivity contribution is 7.46. The molecule has 12 heteroatoms. The highest BCUT2D eigenvalue weighted by Gasteiger charge is 2.39. The number of ketones is 1. The van der Waals surface area contributed by atoms with Crippen molar-refractivity contribution < 1.29 is 52.9 Å². The normalized spacial score (nSPS) is 19.3. The predicted molar refractivity (Wildman–Crippen MR) is 208 cm³/mol. The van der Waals surface area contributed by atoms with Crippen molar-refractivity contribution in [3.05, 3.63) is 48.6 Å². The zero-order chi connectivity index (χ0) is 39.2. The van der Waals surface area contributed by atoms with Crippen LogP contribution in [0.3, 0.4) is 0 Å². The monoisotopic (exact) mass is 768 g/mol. The molecule has 0 heterocycles. The molecule has 0 aromatic heterocycles. The lowest BCUT2D eigenvalue weighted by Gasteiger charge is -2.18. The van der Waals surface area contributed by atoms with Crippen molar-refractivity contribution in [3.8, 4) is 0 Å². The van der Waals surface area contributed by atoms with Crippen LogP contribution >= 0.6 is 7.82 Å². The van der Waals surface area contributed by atoms with Crippen molar-refractivity contribution in [2.75, 3.05) is 13.2 Å². The zero-order valence-corrected chi connectivity index (χ0v) is 33.3. The number of aliphatic hydroxyl groups is 2. The summed E-state index contributed by atoms with van der Waals surface area (Å²) in [6.45, 7) is 3.30. The fourth-order valence-corrected chi connectivity index (χ4v) is 6.45. The van der Waals surface area contributed by atoms with E-state index in [2.05, 4.69) is 42.7 Å². The molecule has 1 rings (SSSR count). The van der Waals surface area contributed by atoms with Crippen LogP contribution in [0.5, 0.6) is 0 Å². The van der Waals surface area contributed by atoms with Gasteiger partial charge in [-0.1, -0.05) is 114 Å². The van der Waals surface area contributed by atoms with Gasteiger partial charge < -0.3 is 29.5 Å². The van der Waals surface area contributed by atoms with E-state index in [0.717, 1.165) is 64.2 Å². The Morgan fingerprint density at radius 1 is 0.792 bits per heavy atom. The van der Waals surface area contributed by atoms with Crippen LogP contribution in [-0.2, 0) is 32.9 Å². The van der Waals surface area contributed by atoms with Crippen LogP contribution in [0.25, 0.3) is 0 Å². The number of Topliss-reactive ketones (excluding diaryl/α,β-unsaturated/α-hetero) is 1. The largest absolute Gasteiger partial charge is 0.469 e. The van der Waals surface area contributed by atoms with Gasteiger partial charge in [0.2, 0.25) is 0 Å². The van der Waals surface area contributed by atoms with Crippen LogP contribution in [0.2, 0.25) is 0 Å². The van der Waals surface area contributed by atoms with Gasteiger partial charge in [-0.05, 0) is 64.2 Å². The Morgan fingerprint density at radius 3 is 2.09 bits per heavy atom. The van der Waals surface area contributed by atoms with Crippen LogP contribution in [0, 0.1) is 11.8 Å². The lowest BCUT2D eigenvalue weighted by molar-refractivity contribution is -0.161. The summed E-state index contributed by atoms with van der Waals surface area (Å²) in [4.78, 5) is 55.4. The van der Waals surface area contributed by atoms with Gasteiger partial charge in [0, 0.05) is 31.1 Å². The number of unbranched alkanes of at least 4 members (excludes halogenated alkanes) is 11. The SMILES string of the molecule is CCCCC/C=C\C/C=C\CCCCCCCC(=O)O[C@H](COC(=O)CCC/C=C\C[C@H]1C(=O)C[C@@H](O)[C@@H]1/C=C/[C@@H](O)CCCCC)COP(=O)(O)O. The molecule has 0 unspecified atom stereocenters. The molecule has 304 valence electrons. The van der Waals surface area contributed by atoms with Crippen molar-refractivity contribution in [2.24, 2.45) is 11.8 Å². The van der Waals surface area contributed by atoms with Crippen molar-refractivity contribution in [3.63, 3.8) is 0 Å². The van der Waals surface area contributed by atoms with Gasteiger partial charge in [0.1, 0.15) is 12.4 Å². The van der Waals surface area contributed by atoms with E-state index < -0.39 is 51.3 Å². The first-order valence-electron chi connectivity index (χ1n) is 20.0. The Hall–Kier alpha value is -2.40. The lowest BCUT2D eigenvalue weighted by atomic mass is 9.90. The molecule has 0 aliphatic heterocycles. The van der Waals surface area contributed by atoms with Crippen LogP contribution < -0.4 is 0 Å². The molecular weight excluding hydrogens is 699 g/mol. The van der Waals surface area contributed by atoms with E-state index in [1.807, 2.05) is 12.2 Å². The number of ether oxygens (including phenoxy) is 2. The fraction of sp³-hybridized carbons (Fsp3) is 0.732. The van der Waals surface area contributed by atoms with Crippen molar-refractivity contribution in [1.29, 1.82) is 0 Å². The van der Waals surface area contributed by atoms with Crippen LogP contribution in [0.1, 0.15) is 149 Å². The third-order valence-electron chi connectivity index (χ3n) is 9.19. The predicted octanol–water partition coefficient (Wildman–Crippen LogP) is 8.54. The summed E-state index contributed by atoms with van der Waals surface area (Å²) in [7, 11) is -4.82. The number of aliphatic hydroxyl groups excluding tert-OH is 2.